The monoisotopic (exact) mass is 404 g/mol. The van der Waals surface area contributed by atoms with Gasteiger partial charge < -0.3 is 19.6 Å². The maximum atomic E-state index is 12.2. The van der Waals surface area contributed by atoms with E-state index in [-0.39, 0.29) is 17.9 Å². The van der Waals surface area contributed by atoms with Crippen LogP contribution in [0.3, 0.4) is 0 Å². The fourth-order valence-corrected chi connectivity index (χ4v) is 2.94. The lowest BCUT2D eigenvalue weighted by Crippen LogP contribution is -2.21. The zero-order valence-electron chi connectivity index (χ0n) is 16.7. The number of para-hydroxylation sites is 1. The number of oxime groups is 1. The fourth-order valence-electron chi connectivity index (χ4n) is 2.64. The lowest BCUT2D eigenvalue weighted by Gasteiger charge is -2.22. The Morgan fingerprint density at radius 1 is 1.18 bits per heavy atom. The molecule has 0 heterocycles. The average Bonchev–Trinajstić information content (AvgIpc) is 2.64. The van der Waals surface area contributed by atoms with Gasteiger partial charge >= 0.3 is 0 Å². The molecule has 0 aromatic heterocycles. The second kappa shape index (κ2) is 9.46. The van der Waals surface area contributed by atoms with Gasteiger partial charge in [0, 0.05) is 11.3 Å². The standard InChI is InChI=1S/C21H25ClN2O4/c1-21(2,3)15-8-6-7-9-17(15)24-19(25)13-28-23-12-14-10-16(22)20(27-5)18(11-14)26-4/h6-12H,13H2,1-5H3,(H,24,25)/b23-12+. The van der Waals surface area contributed by atoms with Crippen molar-refractivity contribution in [1.29, 1.82) is 0 Å². The quantitative estimate of drug-likeness (QED) is 0.539. The molecule has 0 unspecified atom stereocenters. The molecule has 1 amide bonds. The van der Waals surface area contributed by atoms with Crippen LogP contribution in [0.15, 0.2) is 41.6 Å². The second-order valence-electron chi connectivity index (χ2n) is 7.09. The number of anilines is 1. The second-order valence-corrected chi connectivity index (χ2v) is 7.50. The molecule has 0 aliphatic carbocycles. The van der Waals surface area contributed by atoms with Gasteiger partial charge in [-0.2, -0.15) is 0 Å². The topological polar surface area (TPSA) is 69.2 Å². The summed E-state index contributed by atoms with van der Waals surface area (Å²) in [4.78, 5) is 17.3. The number of benzene rings is 2. The lowest BCUT2D eigenvalue weighted by molar-refractivity contribution is -0.120. The Balaban J connectivity index is 1.97. The molecule has 2 aromatic rings. The van der Waals surface area contributed by atoms with Crippen molar-refractivity contribution in [2.24, 2.45) is 5.16 Å². The van der Waals surface area contributed by atoms with Gasteiger partial charge in [0.1, 0.15) is 0 Å². The van der Waals surface area contributed by atoms with Crippen molar-refractivity contribution >= 4 is 29.4 Å². The normalized spacial score (nSPS) is 11.4. The van der Waals surface area contributed by atoms with Crippen molar-refractivity contribution in [2.45, 2.75) is 26.2 Å². The first-order valence-electron chi connectivity index (χ1n) is 8.72. The Kier molecular flexibility index (Phi) is 7.29. The summed E-state index contributed by atoms with van der Waals surface area (Å²) in [6.07, 6.45) is 1.45. The van der Waals surface area contributed by atoms with E-state index in [9.17, 15) is 4.79 Å². The van der Waals surface area contributed by atoms with Gasteiger partial charge in [0.15, 0.2) is 18.1 Å². The summed E-state index contributed by atoms with van der Waals surface area (Å²) < 4.78 is 10.4. The molecule has 2 aromatic carbocycles. The van der Waals surface area contributed by atoms with Crippen LogP contribution in [0.2, 0.25) is 5.02 Å². The van der Waals surface area contributed by atoms with E-state index in [2.05, 4.69) is 31.2 Å². The molecular formula is C21H25ClN2O4. The molecule has 0 atom stereocenters. The maximum absolute atomic E-state index is 12.2. The minimum Gasteiger partial charge on any atom is -0.493 e. The van der Waals surface area contributed by atoms with E-state index in [1.54, 1.807) is 12.1 Å². The van der Waals surface area contributed by atoms with Crippen molar-refractivity contribution in [2.75, 3.05) is 26.1 Å². The molecule has 0 saturated carbocycles. The number of carbonyl (C=O) groups excluding carboxylic acids is 1. The number of nitrogens with one attached hydrogen (secondary N) is 1. The van der Waals surface area contributed by atoms with Crippen molar-refractivity contribution < 1.29 is 19.1 Å². The molecule has 0 radical (unpaired) electrons. The Morgan fingerprint density at radius 3 is 2.54 bits per heavy atom. The molecule has 150 valence electrons. The third-order valence-corrected chi connectivity index (χ3v) is 4.22. The molecule has 7 heteroatoms. The molecule has 2 rings (SSSR count). The summed E-state index contributed by atoms with van der Waals surface area (Å²) >= 11 is 6.15. The van der Waals surface area contributed by atoms with E-state index in [0.717, 1.165) is 11.3 Å². The van der Waals surface area contributed by atoms with Gasteiger partial charge in [-0.25, -0.2) is 0 Å². The molecule has 6 nitrogen and oxygen atoms in total. The SMILES string of the molecule is COc1cc(/C=N/OCC(=O)Nc2ccccc2C(C)(C)C)cc(Cl)c1OC. The van der Waals surface area contributed by atoms with E-state index in [1.165, 1.54) is 20.4 Å². The fraction of sp³-hybridized carbons (Fsp3) is 0.333. The summed E-state index contributed by atoms with van der Waals surface area (Å²) in [6, 6.07) is 11.1. The summed E-state index contributed by atoms with van der Waals surface area (Å²) in [7, 11) is 3.03. The number of nitrogens with zero attached hydrogens (tertiary/aromatic N) is 1. The maximum Gasteiger partial charge on any atom is 0.265 e. The first-order chi connectivity index (χ1) is 13.3. The van der Waals surface area contributed by atoms with Crippen LogP contribution in [0, 0.1) is 0 Å². The van der Waals surface area contributed by atoms with Crippen LogP contribution >= 0.6 is 11.6 Å². The summed E-state index contributed by atoms with van der Waals surface area (Å²) in [5.74, 6) is 0.631. The number of ether oxygens (including phenoxy) is 2. The number of hydrogen-bond acceptors (Lipinski definition) is 5. The molecule has 0 saturated heterocycles. The Morgan fingerprint density at radius 2 is 1.89 bits per heavy atom. The van der Waals surface area contributed by atoms with E-state index < -0.39 is 0 Å². The minimum atomic E-state index is -0.292. The Hall–Kier alpha value is -2.73. The van der Waals surface area contributed by atoms with Crippen molar-refractivity contribution in [1.82, 2.24) is 0 Å². The van der Waals surface area contributed by atoms with E-state index in [0.29, 0.717) is 22.1 Å². The average molecular weight is 405 g/mol. The van der Waals surface area contributed by atoms with Crippen LogP contribution < -0.4 is 14.8 Å². The van der Waals surface area contributed by atoms with Gasteiger partial charge in [0.2, 0.25) is 0 Å². The molecular weight excluding hydrogens is 380 g/mol. The van der Waals surface area contributed by atoms with Gasteiger partial charge in [-0.15, -0.1) is 0 Å². The molecule has 0 spiro atoms. The van der Waals surface area contributed by atoms with Gasteiger partial charge in [0.05, 0.1) is 25.5 Å². The van der Waals surface area contributed by atoms with Gasteiger partial charge in [-0.1, -0.05) is 55.7 Å². The first kappa shape index (κ1) is 21.6. The lowest BCUT2D eigenvalue weighted by atomic mass is 9.86. The number of hydrogen-bond donors (Lipinski definition) is 1. The van der Waals surface area contributed by atoms with Gasteiger partial charge in [0.25, 0.3) is 5.91 Å². The zero-order chi connectivity index (χ0) is 20.7. The van der Waals surface area contributed by atoms with Crippen LogP contribution in [0.1, 0.15) is 31.9 Å². The molecule has 1 N–H and O–H groups in total. The van der Waals surface area contributed by atoms with Crippen LogP contribution in [0.5, 0.6) is 11.5 Å². The summed E-state index contributed by atoms with van der Waals surface area (Å²) in [6.45, 7) is 6.06. The predicted octanol–water partition coefficient (Wildman–Crippen LogP) is 4.64. The third-order valence-electron chi connectivity index (χ3n) is 3.94. The van der Waals surface area contributed by atoms with E-state index in [4.69, 9.17) is 25.9 Å². The van der Waals surface area contributed by atoms with Crippen molar-refractivity contribution in [3.05, 3.63) is 52.5 Å². The Bertz CT molecular complexity index is 860. The predicted molar refractivity (Wildman–Crippen MR) is 112 cm³/mol. The zero-order valence-corrected chi connectivity index (χ0v) is 17.5. The van der Waals surface area contributed by atoms with Gasteiger partial charge in [-0.05, 0) is 29.2 Å². The number of rotatable bonds is 7. The number of amides is 1. The highest BCUT2D eigenvalue weighted by Gasteiger charge is 2.18. The van der Waals surface area contributed by atoms with Crippen molar-refractivity contribution in [3.63, 3.8) is 0 Å². The van der Waals surface area contributed by atoms with Gasteiger partial charge in [-0.3, -0.25) is 4.79 Å². The summed E-state index contributed by atoms with van der Waals surface area (Å²) in [5.41, 5.74) is 2.38. The van der Waals surface area contributed by atoms with Crippen LogP contribution in [-0.2, 0) is 15.0 Å². The highest BCUT2D eigenvalue weighted by molar-refractivity contribution is 6.32. The van der Waals surface area contributed by atoms with Crippen LogP contribution in [0.25, 0.3) is 0 Å². The smallest absolute Gasteiger partial charge is 0.265 e. The highest BCUT2D eigenvalue weighted by Crippen LogP contribution is 2.35. The summed E-state index contributed by atoms with van der Waals surface area (Å²) in [5, 5.41) is 7.08. The molecule has 28 heavy (non-hydrogen) atoms. The Labute approximate surface area is 170 Å². The third kappa shape index (κ3) is 5.63. The van der Waals surface area contributed by atoms with Crippen LogP contribution in [-0.4, -0.2) is 32.9 Å². The highest BCUT2D eigenvalue weighted by atomic mass is 35.5. The number of halogens is 1. The van der Waals surface area contributed by atoms with E-state index >= 15 is 0 Å². The minimum absolute atomic E-state index is 0.0877. The first-order valence-corrected chi connectivity index (χ1v) is 9.10. The van der Waals surface area contributed by atoms with Crippen molar-refractivity contribution in [3.8, 4) is 11.5 Å². The van der Waals surface area contributed by atoms with E-state index in [1.807, 2.05) is 24.3 Å². The number of carbonyl (C=O) groups is 1. The number of methoxy groups -OCH3 is 2. The van der Waals surface area contributed by atoms with Crippen LogP contribution in [0.4, 0.5) is 5.69 Å². The molecule has 0 bridgehead atoms. The molecule has 0 fully saturated rings. The molecule has 0 aliphatic rings. The molecule has 0 aliphatic heterocycles. The largest absolute Gasteiger partial charge is 0.493 e.